The highest BCUT2D eigenvalue weighted by molar-refractivity contribution is 5.70. The van der Waals surface area contributed by atoms with E-state index in [0.717, 1.165) is 5.28 Å². The van der Waals surface area contributed by atoms with Crippen LogP contribution in [0.1, 0.15) is 12.8 Å². The van der Waals surface area contributed by atoms with E-state index in [9.17, 15) is 4.79 Å². The van der Waals surface area contributed by atoms with Gasteiger partial charge in [0, 0.05) is 13.1 Å². The molecule has 7 heteroatoms. The first-order valence-corrected chi connectivity index (χ1v) is 4.38. The maximum atomic E-state index is 10.6. The number of rotatable bonds is 4. The van der Waals surface area contributed by atoms with Crippen molar-refractivity contribution in [1.29, 1.82) is 0 Å². The molecule has 14 heavy (non-hydrogen) atoms. The van der Waals surface area contributed by atoms with Crippen LogP contribution in [0.4, 0.5) is 0 Å². The predicted molar refractivity (Wildman–Crippen MR) is 46.1 cm³/mol. The molecule has 1 fully saturated rings. The summed E-state index contributed by atoms with van der Waals surface area (Å²) >= 11 is 0. The topological polar surface area (TPSA) is 88.3 Å². The van der Waals surface area contributed by atoms with E-state index in [2.05, 4.69) is 9.88 Å². The van der Waals surface area contributed by atoms with E-state index in [4.69, 9.17) is 10.9 Å². The van der Waals surface area contributed by atoms with Crippen molar-refractivity contribution in [3.05, 3.63) is 0 Å². The first-order valence-electron chi connectivity index (χ1n) is 4.38. The molecule has 3 N–H and O–H groups in total. The number of aliphatic carboxylic acids is 1. The normalized spacial score (nSPS) is 20.2. The Morgan fingerprint density at radius 1 is 1.57 bits per heavy atom. The third-order valence-electron chi connectivity index (χ3n) is 2.25. The average Bonchev–Trinajstić information content (AvgIpc) is 2.18. The maximum absolute atomic E-state index is 10.6. The Hall–Kier alpha value is -0.730. The molecule has 82 valence electrons. The van der Waals surface area contributed by atoms with E-state index in [1.165, 1.54) is 7.11 Å². The Morgan fingerprint density at radius 2 is 2.14 bits per heavy atom. The van der Waals surface area contributed by atoms with E-state index in [1.54, 1.807) is 5.01 Å². The van der Waals surface area contributed by atoms with Crippen molar-refractivity contribution >= 4 is 5.97 Å². The van der Waals surface area contributed by atoms with Gasteiger partial charge in [-0.05, 0) is 18.1 Å². The summed E-state index contributed by atoms with van der Waals surface area (Å²) < 4.78 is 0. The third-order valence-corrected chi connectivity index (χ3v) is 2.25. The highest BCUT2D eigenvalue weighted by atomic mass is 17.3. The molecule has 1 aliphatic rings. The quantitative estimate of drug-likeness (QED) is 0.358. The van der Waals surface area contributed by atoms with E-state index in [1.807, 2.05) is 0 Å². The summed E-state index contributed by atoms with van der Waals surface area (Å²) in [6, 6.07) is 0. The van der Waals surface area contributed by atoms with Gasteiger partial charge in [-0.15, -0.1) is 4.99 Å². The van der Waals surface area contributed by atoms with Gasteiger partial charge >= 0.3 is 5.97 Å². The Kier molecular flexibility index (Phi) is 4.23. The zero-order chi connectivity index (χ0) is 10.6. The molecular weight excluding hydrogens is 190 g/mol. The first-order chi connectivity index (χ1) is 6.65. The SMILES string of the molecule is COON(N)N1CCC(C(=O)O)CC1. The highest BCUT2D eigenvalue weighted by Crippen LogP contribution is 2.17. The van der Waals surface area contributed by atoms with Crippen LogP contribution in [0.5, 0.6) is 0 Å². The van der Waals surface area contributed by atoms with Gasteiger partial charge in [0.2, 0.25) is 0 Å². The van der Waals surface area contributed by atoms with Gasteiger partial charge in [0.1, 0.15) is 0 Å². The van der Waals surface area contributed by atoms with Crippen LogP contribution in [0.3, 0.4) is 0 Å². The highest BCUT2D eigenvalue weighted by Gasteiger charge is 2.27. The number of carboxylic acid groups (broad SMARTS) is 1. The summed E-state index contributed by atoms with van der Waals surface area (Å²) in [6.07, 6.45) is 1.13. The van der Waals surface area contributed by atoms with Crippen molar-refractivity contribution in [2.75, 3.05) is 20.2 Å². The smallest absolute Gasteiger partial charge is 0.306 e. The number of piperidine rings is 1. The molecule has 0 atom stereocenters. The van der Waals surface area contributed by atoms with Crippen LogP contribution < -0.4 is 5.84 Å². The fourth-order valence-electron chi connectivity index (χ4n) is 1.43. The molecule has 1 saturated heterocycles. The molecule has 0 aromatic carbocycles. The van der Waals surface area contributed by atoms with Gasteiger partial charge < -0.3 is 5.11 Å². The van der Waals surface area contributed by atoms with E-state index >= 15 is 0 Å². The molecule has 0 aromatic heterocycles. The minimum atomic E-state index is -0.749. The number of hydrogen-bond acceptors (Lipinski definition) is 6. The lowest BCUT2D eigenvalue weighted by atomic mass is 9.98. The Bertz CT molecular complexity index is 193. The summed E-state index contributed by atoms with van der Waals surface area (Å²) in [4.78, 5) is 19.6. The number of carbonyl (C=O) groups is 1. The number of hydrazine groups is 2. The third kappa shape index (κ3) is 2.89. The molecule has 0 unspecified atom stereocenters. The Balaban J connectivity index is 2.31. The van der Waals surface area contributed by atoms with Crippen molar-refractivity contribution in [2.24, 2.45) is 11.8 Å². The van der Waals surface area contributed by atoms with Crippen molar-refractivity contribution in [2.45, 2.75) is 12.8 Å². The number of nitrogens with two attached hydrogens (primary N) is 1. The zero-order valence-corrected chi connectivity index (χ0v) is 8.05. The zero-order valence-electron chi connectivity index (χ0n) is 8.05. The minimum Gasteiger partial charge on any atom is -0.481 e. The lowest BCUT2D eigenvalue weighted by Gasteiger charge is -2.33. The van der Waals surface area contributed by atoms with Crippen LogP contribution >= 0.6 is 0 Å². The van der Waals surface area contributed by atoms with E-state index in [-0.39, 0.29) is 5.92 Å². The van der Waals surface area contributed by atoms with Crippen LogP contribution in [0.15, 0.2) is 0 Å². The van der Waals surface area contributed by atoms with Gasteiger partial charge in [0.15, 0.2) is 0 Å². The summed E-state index contributed by atoms with van der Waals surface area (Å²) in [5.41, 5.74) is 0. The second kappa shape index (κ2) is 5.23. The van der Waals surface area contributed by atoms with Crippen molar-refractivity contribution < 1.29 is 19.8 Å². The van der Waals surface area contributed by atoms with E-state index in [0.29, 0.717) is 25.9 Å². The molecule has 0 aliphatic carbocycles. The predicted octanol–water partition coefficient (Wildman–Crippen LogP) is -0.633. The molecule has 0 bridgehead atoms. The first kappa shape index (κ1) is 11.3. The van der Waals surface area contributed by atoms with Gasteiger partial charge in [0.05, 0.1) is 13.0 Å². The van der Waals surface area contributed by atoms with Gasteiger partial charge in [-0.1, -0.05) is 0 Å². The van der Waals surface area contributed by atoms with Gasteiger partial charge in [-0.25, -0.2) is 15.7 Å². The summed E-state index contributed by atoms with van der Waals surface area (Å²) in [5, 5.41) is 11.4. The van der Waals surface area contributed by atoms with Crippen molar-refractivity contribution in [1.82, 2.24) is 10.3 Å². The fraction of sp³-hybridized carbons (Fsp3) is 0.857. The van der Waals surface area contributed by atoms with Gasteiger partial charge in [-0.3, -0.25) is 4.79 Å². The monoisotopic (exact) mass is 205 g/mol. The van der Waals surface area contributed by atoms with Crippen LogP contribution in [0.25, 0.3) is 0 Å². The van der Waals surface area contributed by atoms with E-state index < -0.39 is 5.97 Å². The molecule has 1 rings (SSSR count). The second-order valence-electron chi connectivity index (χ2n) is 3.11. The van der Waals surface area contributed by atoms with Crippen molar-refractivity contribution in [3.63, 3.8) is 0 Å². The molecule has 0 spiro atoms. The summed E-state index contributed by atoms with van der Waals surface area (Å²) in [5.74, 6) is 4.42. The van der Waals surface area contributed by atoms with Crippen LogP contribution in [-0.2, 0) is 14.7 Å². The van der Waals surface area contributed by atoms with Crippen LogP contribution in [0, 0.1) is 5.92 Å². The molecule has 0 saturated carbocycles. The largest absolute Gasteiger partial charge is 0.481 e. The summed E-state index contributed by atoms with van der Waals surface area (Å²) in [7, 11) is 1.35. The van der Waals surface area contributed by atoms with Gasteiger partial charge in [0.25, 0.3) is 0 Å². The lowest BCUT2D eigenvalue weighted by molar-refractivity contribution is -0.473. The average molecular weight is 205 g/mol. The molecule has 0 radical (unpaired) electrons. The molecule has 1 aliphatic heterocycles. The van der Waals surface area contributed by atoms with Crippen LogP contribution in [0.2, 0.25) is 0 Å². The number of carboxylic acids is 1. The van der Waals surface area contributed by atoms with Crippen LogP contribution in [-0.4, -0.2) is 41.6 Å². The Labute approximate surface area is 81.8 Å². The molecule has 0 aromatic rings. The molecule has 7 nitrogen and oxygen atoms in total. The maximum Gasteiger partial charge on any atom is 0.306 e. The number of nitrogens with zero attached hydrogens (tertiary/aromatic N) is 2. The number of hydrogen-bond donors (Lipinski definition) is 2. The Morgan fingerprint density at radius 3 is 2.57 bits per heavy atom. The van der Waals surface area contributed by atoms with Crippen molar-refractivity contribution in [3.8, 4) is 0 Å². The lowest BCUT2D eigenvalue weighted by Crippen LogP contribution is -2.51. The second-order valence-corrected chi connectivity index (χ2v) is 3.11. The molecule has 1 heterocycles. The molecule has 0 amide bonds. The molecular formula is C7H15N3O4. The minimum absolute atomic E-state index is 0.276. The fourth-order valence-corrected chi connectivity index (χ4v) is 1.43. The standard InChI is InChI=1S/C7H15N3O4/c1-13-14-10(8)9-4-2-6(3-5-9)7(11)12/h6H,2-5,8H2,1H3,(H,11,12). The summed E-state index contributed by atoms with van der Waals surface area (Å²) in [6.45, 7) is 1.10. The van der Waals surface area contributed by atoms with Gasteiger partial charge in [-0.2, -0.15) is 0 Å².